The Balaban J connectivity index is 4.72. The van der Waals surface area contributed by atoms with Gasteiger partial charge in [-0.1, -0.05) is 12.7 Å². The second-order valence-electron chi connectivity index (χ2n) is 3.11. The highest BCUT2D eigenvalue weighted by Crippen LogP contribution is 2.10. The minimum absolute atomic E-state index is 1.05. The summed E-state index contributed by atoms with van der Waals surface area (Å²) < 4.78 is 0. The van der Waals surface area contributed by atoms with Gasteiger partial charge in [0.1, 0.15) is 5.82 Å². The van der Waals surface area contributed by atoms with Crippen molar-refractivity contribution in [3.05, 3.63) is 24.6 Å². The van der Waals surface area contributed by atoms with Crippen LogP contribution in [0.3, 0.4) is 0 Å². The van der Waals surface area contributed by atoms with Crippen LogP contribution in [0.4, 0.5) is 0 Å². The topological polar surface area (TPSA) is 6.48 Å². The molecule has 0 saturated heterocycles. The van der Waals surface area contributed by atoms with Crippen molar-refractivity contribution in [2.24, 2.45) is 0 Å². The molecule has 0 aliphatic carbocycles. The molecule has 0 radical (unpaired) electrons. The lowest BCUT2D eigenvalue weighted by molar-refractivity contribution is 0.235. The Labute approximate surface area is 88.9 Å². The molecule has 2 nitrogen and oxygen atoms in total. The lowest BCUT2D eigenvalue weighted by atomic mass is 10.3. The predicted octanol–water partition coefficient (Wildman–Crippen LogP) is 2.70. The molecule has 0 aromatic rings. The lowest BCUT2D eigenvalue weighted by Crippen LogP contribution is -2.35. The summed E-state index contributed by atoms with van der Waals surface area (Å²) in [7, 11) is 0. The zero-order chi connectivity index (χ0) is 11.0. The van der Waals surface area contributed by atoms with Crippen LogP contribution in [-0.2, 0) is 0 Å². The van der Waals surface area contributed by atoms with Crippen LogP contribution in [0.25, 0.3) is 0 Å². The molecular weight excluding hydrogens is 172 g/mol. The van der Waals surface area contributed by atoms with Crippen LogP contribution in [0, 0.1) is 0 Å². The van der Waals surface area contributed by atoms with Crippen molar-refractivity contribution >= 4 is 0 Å². The molecule has 2 heteroatoms. The monoisotopic (exact) mass is 196 g/mol. The normalized spacial score (nSPS) is 9.43. The third-order valence-electron chi connectivity index (χ3n) is 2.44. The first-order chi connectivity index (χ1) is 6.74. The molecule has 0 aromatic carbocycles. The first-order valence-electron chi connectivity index (χ1n) is 5.57. The van der Waals surface area contributed by atoms with E-state index in [1.807, 2.05) is 6.08 Å². The second kappa shape index (κ2) is 7.48. The van der Waals surface area contributed by atoms with Crippen LogP contribution in [-0.4, -0.2) is 36.0 Å². The zero-order valence-corrected chi connectivity index (χ0v) is 10.1. The molecule has 0 saturated carbocycles. The number of hydrogen-bond donors (Lipinski definition) is 0. The van der Waals surface area contributed by atoms with Gasteiger partial charge in [0.2, 0.25) is 0 Å². The molecule has 0 aliphatic heterocycles. The van der Waals surface area contributed by atoms with Gasteiger partial charge in [-0.05, 0) is 33.8 Å². The Morgan fingerprint density at radius 3 is 1.50 bits per heavy atom. The Hall–Kier alpha value is -0.920. The third kappa shape index (κ3) is 3.44. The molecule has 0 aliphatic rings. The van der Waals surface area contributed by atoms with E-state index in [4.69, 9.17) is 0 Å². The van der Waals surface area contributed by atoms with Gasteiger partial charge in [-0.3, -0.25) is 0 Å². The highest BCUT2D eigenvalue weighted by molar-refractivity contribution is 5.08. The highest BCUT2D eigenvalue weighted by atomic mass is 15.3. The van der Waals surface area contributed by atoms with Gasteiger partial charge in [-0.25, -0.2) is 0 Å². The lowest BCUT2D eigenvalue weighted by Gasteiger charge is -2.33. The molecule has 0 heterocycles. The maximum absolute atomic E-state index is 3.77. The van der Waals surface area contributed by atoms with E-state index in [2.05, 4.69) is 50.1 Å². The van der Waals surface area contributed by atoms with Gasteiger partial charge < -0.3 is 9.80 Å². The van der Waals surface area contributed by atoms with Crippen molar-refractivity contribution < 1.29 is 0 Å². The van der Waals surface area contributed by atoms with Crippen LogP contribution >= 0.6 is 0 Å². The number of nitrogens with zero attached hydrogens (tertiary/aromatic N) is 2. The van der Waals surface area contributed by atoms with E-state index in [0.29, 0.717) is 0 Å². The summed E-state index contributed by atoms with van der Waals surface area (Å²) >= 11 is 0. The molecular formula is C12H24N2. The Bertz CT molecular complexity index is 163. The molecule has 0 bridgehead atoms. The van der Waals surface area contributed by atoms with Gasteiger partial charge >= 0.3 is 0 Å². The molecule has 0 spiro atoms. The van der Waals surface area contributed by atoms with E-state index in [1.165, 1.54) is 5.82 Å². The number of hydrogen-bond acceptors (Lipinski definition) is 2. The van der Waals surface area contributed by atoms with E-state index in [1.54, 1.807) is 0 Å². The highest BCUT2D eigenvalue weighted by Gasteiger charge is 2.09. The molecule has 0 amide bonds. The van der Waals surface area contributed by atoms with E-state index in [0.717, 1.165) is 26.2 Å². The molecule has 0 rings (SSSR count). The van der Waals surface area contributed by atoms with Crippen molar-refractivity contribution in [1.82, 2.24) is 9.80 Å². The van der Waals surface area contributed by atoms with Gasteiger partial charge in [0.25, 0.3) is 0 Å². The molecule has 0 aromatic heterocycles. The van der Waals surface area contributed by atoms with Crippen molar-refractivity contribution in [3.8, 4) is 0 Å². The van der Waals surface area contributed by atoms with Gasteiger partial charge in [-0.2, -0.15) is 0 Å². The van der Waals surface area contributed by atoms with Crippen LogP contribution < -0.4 is 0 Å². The average Bonchev–Trinajstić information content (AvgIpc) is 2.21. The van der Waals surface area contributed by atoms with Gasteiger partial charge in [0.05, 0.1) is 0 Å². The first-order valence-corrected chi connectivity index (χ1v) is 5.57. The Kier molecular flexibility index (Phi) is 6.99. The fraction of sp³-hybridized carbons (Fsp3) is 0.667. The second-order valence-corrected chi connectivity index (χ2v) is 3.11. The number of rotatable bonds is 7. The standard InChI is InChI=1S/C12H24N2/c1-6-11-12(13(7-2)8-3)14(9-4)10-5/h6,11H,1,7-10H2,2-5H3. The summed E-state index contributed by atoms with van der Waals surface area (Å²) in [6, 6.07) is 0. The molecule has 0 unspecified atom stereocenters. The van der Waals surface area contributed by atoms with Crippen LogP contribution in [0.2, 0.25) is 0 Å². The van der Waals surface area contributed by atoms with Gasteiger partial charge in [0, 0.05) is 26.2 Å². The minimum atomic E-state index is 1.05. The smallest absolute Gasteiger partial charge is 0.104 e. The maximum atomic E-state index is 3.77. The Morgan fingerprint density at radius 1 is 0.929 bits per heavy atom. The van der Waals surface area contributed by atoms with E-state index >= 15 is 0 Å². The van der Waals surface area contributed by atoms with Crippen LogP contribution in [0.5, 0.6) is 0 Å². The zero-order valence-electron chi connectivity index (χ0n) is 10.1. The Morgan fingerprint density at radius 2 is 1.29 bits per heavy atom. The maximum Gasteiger partial charge on any atom is 0.104 e. The van der Waals surface area contributed by atoms with Crippen molar-refractivity contribution in [3.63, 3.8) is 0 Å². The summed E-state index contributed by atoms with van der Waals surface area (Å²) in [5.74, 6) is 1.29. The predicted molar refractivity (Wildman–Crippen MR) is 64.1 cm³/mol. The van der Waals surface area contributed by atoms with Gasteiger partial charge in [-0.15, -0.1) is 0 Å². The first kappa shape index (κ1) is 13.1. The molecule has 0 fully saturated rings. The molecule has 0 atom stereocenters. The molecule has 14 heavy (non-hydrogen) atoms. The largest absolute Gasteiger partial charge is 0.359 e. The van der Waals surface area contributed by atoms with Crippen LogP contribution in [0.15, 0.2) is 24.6 Å². The van der Waals surface area contributed by atoms with E-state index < -0.39 is 0 Å². The van der Waals surface area contributed by atoms with Crippen molar-refractivity contribution in [2.75, 3.05) is 26.2 Å². The minimum Gasteiger partial charge on any atom is -0.359 e. The third-order valence-corrected chi connectivity index (χ3v) is 2.44. The number of allylic oxidation sites excluding steroid dienone is 2. The SMILES string of the molecule is C=CC=C(N(CC)CC)N(CC)CC. The quantitative estimate of drug-likeness (QED) is 0.578. The molecule has 82 valence electrons. The summed E-state index contributed by atoms with van der Waals surface area (Å²) in [6.07, 6.45) is 3.96. The van der Waals surface area contributed by atoms with E-state index in [-0.39, 0.29) is 0 Å². The summed E-state index contributed by atoms with van der Waals surface area (Å²) in [5, 5.41) is 0. The summed E-state index contributed by atoms with van der Waals surface area (Å²) in [6.45, 7) is 16.7. The van der Waals surface area contributed by atoms with Gasteiger partial charge in [0.15, 0.2) is 0 Å². The summed E-state index contributed by atoms with van der Waals surface area (Å²) in [4.78, 5) is 4.71. The van der Waals surface area contributed by atoms with Crippen molar-refractivity contribution in [1.29, 1.82) is 0 Å². The fourth-order valence-electron chi connectivity index (χ4n) is 1.61. The summed E-state index contributed by atoms with van der Waals surface area (Å²) in [5.41, 5.74) is 0. The fourth-order valence-corrected chi connectivity index (χ4v) is 1.61. The molecule has 0 N–H and O–H groups in total. The van der Waals surface area contributed by atoms with E-state index in [9.17, 15) is 0 Å². The van der Waals surface area contributed by atoms with Crippen molar-refractivity contribution in [2.45, 2.75) is 27.7 Å². The average molecular weight is 196 g/mol. The van der Waals surface area contributed by atoms with Crippen LogP contribution in [0.1, 0.15) is 27.7 Å².